The van der Waals surface area contributed by atoms with Crippen molar-refractivity contribution in [3.63, 3.8) is 0 Å². The van der Waals surface area contributed by atoms with E-state index in [1.54, 1.807) is 43.6 Å². The first kappa shape index (κ1) is 13.8. The van der Waals surface area contributed by atoms with Crippen LogP contribution in [0.4, 0.5) is 0 Å². The number of pyridine rings is 1. The lowest BCUT2D eigenvalue weighted by molar-refractivity contribution is 0.0999. The predicted molar refractivity (Wildman–Crippen MR) is 79.5 cm³/mol. The average Bonchev–Trinajstić information content (AvgIpc) is 3.04. The van der Waals surface area contributed by atoms with Crippen molar-refractivity contribution in [1.29, 1.82) is 0 Å². The van der Waals surface area contributed by atoms with Crippen molar-refractivity contribution in [3.8, 4) is 23.0 Å². The largest absolute Gasteiger partial charge is 0.443 e. The number of oxazole rings is 1. The summed E-state index contributed by atoms with van der Waals surface area (Å²) in [6.07, 6.45) is 4.53. The zero-order valence-corrected chi connectivity index (χ0v) is 11.8. The normalized spacial score (nSPS) is 10.4. The molecule has 6 nitrogen and oxygen atoms in total. The number of benzene rings is 1. The zero-order chi connectivity index (χ0) is 15.5. The van der Waals surface area contributed by atoms with Crippen molar-refractivity contribution in [2.75, 3.05) is 0 Å². The Labute approximate surface area is 126 Å². The van der Waals surface area contributed by atoms with E-state index in [0.717, 1.165) is 0 Å². The molecule has 0 aliphatic heterocycles. The van der Waals surface area contributed by atoms with Gasteiger partial charge in [-0.3, -0.25) is 4.79 Å². The molecule has 0 fully saturated rings. The highest BCUT2D eigenvalue weighted by atomic mass is 16.5. The molecular formula is C16H13N3O3. The van der Waals surface area contributed by atoms with E-state index in [4.69, 9.17) is 14.9 Å². The number of primary amides is 1. The van der Waals surface area contributed by atoms with Crippen molar-refractivity contribution in [2.24, 2.45) is 5.73 Å². The number of aromatic nitrogens is 2. The number of nitrogens with two attached hydrogens (primary N) is 1. The van der Waals surface area contributed by atoms with Crippen LogP contribution in [0.2, 0.25) is 0 Å². The Hall–Kier alpha value is -3.15. The molecule has 0 saturated carbocycles. The second-order valence-electron chi connectivity index (χ2n) is 4.62. The zero-order valence-electron chi connectivity index (χ0n) is 11.8. The van der Waals surface area contributed by atoms with Crippen LogP contribution >= 0.6 is 0 Å². The standard InChI is InChI=1S/C16H13N3O3/c1-10-11(15(17)20)4-2-6-13(10)22-16-12(5-3-7-19-16)14-8-18-9-21-14/h2-9H,1H3,(H2,17,20). The summed E-state index contributed by atoms with van der Waals surface area (Å²) in [4.78, 5) is 19.5. The summed E-state index contributed by atoms with van der Waals surface area (Å²) in [6.45, 7) is 1.77. The van der Waals surface area contributed by atoms with Gasteiger partial charge in [-0.2, -0.15) is 0 Å². The monoisotopic (exact) mass is 295 g/mol. The summed E-state index contributed by atoms with van der Waals surface area (Å²) in [5.41, 5.74) is 7.09. The fourth-order valence-corrected chi connectivity index (χ4v) is 2.10. The fourth-order valence-electron chi connectivity index (χ4n) is 2.10. The summed E-state index contributed by atoms with van der Waals surface area (Å²) >= 11 is 0. The van der Waals surface area contributed by atoms with E-state index in [1.165, 1.54) is 6.39 Å². The molecule has 0 bridgehead atoms. The van der Waals surface area contributed by atoms with Crippen LogP contribution in [-0.4, -0.2) is 15.9 Å². The predicted octanol–water partition coefficient (Wildman–Crippen LogP) is 2.94. The number of hydrogen-bond donors (Lipinski definition) is 1. The lowest BCUT2D eigenvalue weighted by Crippen LogP contribution is -2.12. The van der Waals surface area contributed by atoms with Crippen molar-refractivity contribution in [3.05, 3.63) is 60.2 Å². The molecule has 3 rings (SSSR count). The van der Waals surface area contributed by atoms with Crippen LogP contribution < -0.4 is 10.5 Å². The molecule has 0 aliphatic rings. The molecule has 1 amide bonds. The summed E-state index contributed by atoms with van der Waals surface area (Å²) in [5, 5.41) is 0. The van der Waals surface area contributed by atoms with Gasteiger partial charge in [0.25, 0.3) is 0 Å². The third-order valence-corrected chi connectivity index (χ3v) is 3.23. The van der Waals surface area contributed by atoms with Crippen LogP contribution in [0.25, 0.3) is 11.3 Å². The third kappa shape index (κ3) is 2.54. The minimum Gasteiger partial charge on any atom is -0.443 e. The van der Waals surface area contributed by atoms with Gasteiger partial charge in [-0.05, 0) is 31.2 Å². The Morgan fingerprint density at radius 2 is 2.14 bits per heavy atom. The minimum atomic E-state index is -0.501. The quantitative estimate of drug-likeness (QED) is 0.799. The van der Waals surface area contributed by atoms with Gasteiger partial charge in [-0.25, -0.2) is 9.97 Å². The van der Waals surface area contributed by atoms with Gasteiger partial charge in [-0.15, -0.1) is 0 Å². The van der Waals surface area contributed by atoms with Gasteiger partial charge in [0.2, 0.25) is 11.8 Å². The maximum absolute atomic E-state index is 11.4. The van der Waals surface area contributed by atoms with Crippen LogP contribution in [0.3, 0.4) is 0 Å². The lowest BCUT2D eigenvalue weighted by Gasteiger charge is -2.12. The van der Waals surface area contributed by atoms with Crippen molar-refractivity contribution in [1.82, 2.24) is 9.97 Å². The molecule has 2 N–H and O–H groups in total. The first-order chi connectivity index (χ1) is 10.7. The number of rotatable bonds is 4. The molecule has 0 saturated heterocycles. The van der Waals surface area contributed by atoms with Crippen LogP contribution in [0.5, 0.6) is 11.6 Å². The van der Waals surface area contributed by atoms with Crippen LogP contribution in [0, 0.1) is 6.92 Å². The first-order valence-corrected chi connectivity index (χ1v) is 6.58. The Balaban J connectivity index is 2.02. The molecule has 110 valence electrons. The highest BCUT2D eigenvalue weighted by Crippen LogP contribution is 2.33. The molecule has 6 heteroatoms. The molecule has 2 heterocycles. The van der Waals surface area contributed by atoms with Gasteiger partial charge >= 0.3 is 0 Å². The first-order valence-electron chi connectivity index (χ1n) is 6.58. The maximum Gasteiger partial charge on any atom is 0.249 e. The molecule has 0 unspecified atom stereocenters. The molecule has 3 aromatic rings. The number of amides is 1. The number of ether oxygens (including phenoxy) is 1. The van der Waals surface area contributed by atoms with Gasteiger partial charge in [0.05, 0.1) is 11.8 Å². The van der Waals surface area contributed by atoms with Crippen LogP contribution in [-0.2, 0) is 0 Å². The number of carbonyl (C=O) groups is 1. The molecule has 1 aromatic carbocycles. The number of hydrogen-bond acceptors (Lipinski definition) is 5. The third-order valence-electron chi connectivity index (χ3n) is 3.23. The Morgan fingerprint density at radius 3 is 2.86 bits per heavy atom. The molecule has 0 atom stereocenters. The number of nitrogens with zero attached hydrogens (tertiary/aromatic N) is 2. The van der Waals surface area contributed by atoms with E-state index >= 15 is 0 Å². The molecule has 0 spiro atoms. The fraction of sp³-hybridized carbons (Fsp3) is 0.0625. The summed E-state index contributed by atoms with van der Waals surface area (Å²) < 4.78 is 11.1. The van der Waals surface area contributed by atoms with Crippen molar-refractivity contribution in [2.45, 2.75) is 6.92 Å². The van der Waals surface area contributed by atoms with Crippen LogP contribution in [0.15, 0.2) is 53.5 Å². The molecular weight excluding hydrogens is 282 g/mol. The molecule has 22 heavy (non-hydrogen) atoms. The molecule has 2 aromatic heterocycles. The van der Waals surface area contributed by atoms with Gasteiger partial charge in [0, 0.05) is 17.3 Å². The Kier molecular flexibility index (Phi) is 3.57. The van der Waals surface area contributed by atoms with E-state index in [9.17, 15) is 4.79 Å². The van der Waals surface area contributed by atoms with E-state index in [2.05, 4.69) is 9.97 Å². The molecule has 0 aliphatic carbocycles. The summed E-state index contributed by atoms with van der Waals surface area (Å²) in [5.74, 6) is 0.922. The smallest absolute Gasteiger partial charge is 0.249 e. The Bertz CT molecular complexity index is 813. The summed E-state index contributed by atoms with van der Waals surface area (Å²) in [6, 6.07) is 8.70. The SMILES string of the molecule is Cc1c(Oc2ncccc2-c2cnco2)cccc1C(N)=O. The summed E-state index contributed by atoms with van der Waals surface area (Å²) in [7, 11) is 0. The van der Waals surface area contributed by atoms with E-state index in [-0.39, 0.29) is 0 Å². The van der Waals surface area contributed by atoms with Gasteiger partial charge < -0.3 is 14.9 Å². The molecule has 0 radical (unpaired) electrons. The van der Waals surface area contributed by atoms with Gasteiger partial charge in [-0.1, -0.05) is 6.07 Å². The van der Waals surface area contributed by atoms with Crippen LogP contribution in [0.1, 0.15) is 15.9 Å². The highest BCUT2D eigenvalue weighted by molar-refractivity contribution is 5.94. The lowest BCUT2D eigenvalue weighted by atomic mass is 10.1. The highest BCUT2D eigenvalue weighted by Gasteiger charge is 2.14. The van der Waals surface area contributed by atoms with E-state index in [0.29, 0.717) is 34.1 Å². The van der Waals surface area contributed by atoms with Gasteiger partial charge in [0.1, 0.15) is 5.75 Å². The van der Waals surface area contributed by atoms with Crippen molar-refractivity contribution >= 4 is 5.91 Å². The number of carbonyl (C=O) groups excluding carboxylic acids is 1. The van der Waals surface area contributed by atoms with Gasteiger partial charge in [0.15, 0.2) is 12.2 Å². The van der Waals surface area contributed by atoms with E-state index < -0.39 is 5.91 Å². The second kappa shape index (κ2) is 5.69. The van der Waals surface area contributed by atoms with Crippen molar-refractivity contribution < 1.29 is 13.9 Å². The average molecular weight is 295 g/mol. The Morgan fingerprint density at radius 1 is 1.27 bits per heavy atom. The topological polar surface area (TPSA) is 91.2 Å². The minimum absolute atomic E-state index is 0.365. The second-order valence-corrected chi connectivity index (χ2v) is 4.62. The maximum atomic E-state index is 11.4. The van der Waals surface area contributed by atoms with E-state index in [1.807, 2.05) is 6.07 Å².